The Bertz CT molecular complexity index is 550. The van der Waals surface area contributed by atoms with Crippen LogP contribution in [0, 0.1) is 5.92 Å². The highest BCUT2D eigenvalue weighted by Crippen LogP contribution is 2.27. The molecule has 1 heterocycles. The number of carbonyl (C=O) groups excluding carboxylic acids is 1. The number of methoxy groups -OCH3 is 2. The Balaban J connectivity index is 2.17. The van der Waals surface area contributed by atoms with Gasteiger partial charge in [-0.15, -0.1) is 0 Å². The van der Waals surface area contributed by atoms with Crippen LogP contribution in [0.4, 0.5) is 0 Å². The summed E-state index contributed by atoms with van der Waals surface area (Å²) in [6.07, 6.45) is 1.66. The molecule has 134 valence electrons. The van der Waals surface area contributed by atoms with Crippen molar-refractivity contribution < 1.29 is 19.4 Å². The molecule has 1 amide bonds. The summed E-state index contributed by atoms with van der Waals surface area (Å²) in [5, 5.41) is 12.7. The van der Waals surface area contributed by atoms with Crippen molar-refractivity contribution in [2.45, 2.75) is 32.4 Å². The van der Waals surface area contributed by atoms with Crippen LogP contribution in [-0.4, -0.2) is 55.9 Å². The number of aliphatic hydroxyl groups is 1. The Morgan fingerprint density at radius 3 is 2.79 bits per heavy atom. The smallest absolute Gasteiger partial charge is 0.226 e. The molecule has 1 saturated heterocycles. The summed E-state index contributed by atoms with van der Waals surface area (Å²) in [5.41, 5.74) is 0.876. The van der Waals surface area contributed by atoms with Gasteiger partial charge >= 0.3 is 0 Å². The molecule has 1 fully saturated rings. The first-order chi connectivity index (χ1) is 11.6. The van der Waals surface area contributed by atoms with Crippen LogP contribution in [0.15, 0.2) is 18.2 Å². The Morgan fingerprint density at radius 2 is 2.17 bits per heavy atom. The minimum absolute atomic E-state index is 0.00408. The molecule has 0 bridgehead atoms. The van der Waals surface area contributed by atoms with E-state index in [-0.39, 0.29) is 18.4 Å². The fraction of sp³-hybridized carbons (Fsp3) is 0.611. The standard InChI is InChI=1S/C18H28N2O4/c1-13-10-14(6-7-19-13)18(22)20(8-9-21)12-15-11-16(23-2)4-5-17(15)24-3/h4-5,11,13-14,19,21H,6-10,12H2,1-3H3/t13-,14-/m0/s1. The lowest BCUT2D eigenvalue weighted by atomic mass is 9.92. The Kier molecular flexibility index (Phi) is 6.87. The number of hydrogen-bond acceptors (Lipinski definition) is 5. The Morgan fingerprint density at radius 1 is 1.38 bits per heavy atom. The van der Waals surface area contributed by atoms with Crippen molar-refractivity contribution >= 4 is 5.91 Å². The maximum atomic E-state index is 12.9. The van der Waals surface area contributed by atoms with Crippen molar-refractivity contribution in [3.05, 3.63) is 23.8 Å². The summed E-state index contributed by atoms with van der Waals surface area (Å²) in [4.78, 5) is 14.6. The molecule has 2 N–H and O–H groups in total. The summed E-state index contributed by atoms with van der Waals surface area (Å²) >= 11 is 0. The first-order valence-corrected chi connectivity index (χ1v) is 8.43. The lowest BCUT2D eigenvalue weighted by Crippen LogP contribution is -2.44. The number of nitrogens with one attached hydrogen (secondary N) is 1. The van der Waals surface area contributed by atoms with Crippen LogP contribution < -0.4 is 14.8 Å². The van der Waals surface area contributed by atoms with E-state index in [0.29, 0.717) is 24.9 Å². The number of rotatable bonds is 7. The second kappa shape index (κ2) is 8.89. The molecule has 0 aromatic heterocycles. The summed E-state index contributed by atoms with van der Waals surface area (Å²) in [5.74, 6) is 1.54. The second-order valence-corrected chi connectivity index (χ2v) is 6.24. The van der Waals surface area contributed by atoms with Gasteiger partial charge in [-0.1, -0.05) is 0 Å². The summed E-state index contributed by atoms with van der Waals surface area (Å²) < 4.78 is 10.7. The third-order valence-electron chi connectivity index (χ3n) is 4.50. The highest BCUT2D eigenvalue weighted by atomic mass is 16.5. The first kappa shape index (κ1) is 18.5. The van der Waals surface area contributed by atoms with Crippen LogP contribution in [0.5, 0.6) is 11.5 Å². The van der Waals surface area contributed by atoms with E-state index in [4.69, 9.17) is 9.47 Å². The zero-order valence-electron chi connectivity index (χ0n) is 14.7. The van der Waals surface area contributed by atoms with Crippen LogP contribution in [0.25, 0.3) is 0 Å². The molecule has 0 radical (unpaired) electrons. The normalized spacial score (nSPS) is 20.5. The van der Waals surface area contributed by atoms with Gasteiger partial charge in [0.05, 0.1) is 20.8 Å². The van der Waals surface area contributed by atoms with Gasteiger partial charge in [0.15, 0.2) is 0 Å². The molecule has 1 aliphatic rings. The van der Waals surface area contributed by atoms with Gasteiger partial charge in [0.2, 0.25) is 5.91 Å². The number of nitrogens with zero attached hydrogens (tertiary/aromatic N) is 1. The van der Waals surface area contributed by atoms with Gasteiger partial charge in [0.25, 0.3) is 0 Å². The van der Waals surface area contributed by atoms with Crippen molar-refractivity contribution in [3.8, 4) is 11.5 Å². The molecule has 6 nitrogen and oxygen atoms in total. The monoisotopic (exact) mass is 336 g/mol. The van der Waals surface area contributed by atoms with E-state index in [1.165, 1.54) is 0 Å². The van der Waals surface area contributed by atoms with E-state index >= 15 is 0 Å². The first-order valence-electron chi connectivity index (χ1n) is 8.43. The number of amides is 1. The predicted molar refractivity (Wildman–Crippen MR) is 92.2 cm³/mol. The minimum Gasteiger partial charge on any atom is -0.497 e. The number of benzene rings is 1. The lowest BCUT2D eigenvalue weighted by molar-refractivity contribution is -0.137. The number of carbonyl (C=O) groups is 1. The maximum absolute atomic E-state index is 12.9. The highest BCUT2D eigenvalue weighted by molar-refractivity contribution is 5.79. The van der Waals surface area contributed by atoms with Crippen molar-refractivity contribution in [2.24, 2.45) is 5.92 Å². The molecule has 1 aromatic carbocycles. The Labute approximate surface area is 143 Å². The average Bonchev–Trinajstić information content (AvgIpc) is 2.60. The molecule has 0 spiro atoms. The largest absolute Gasteiger partial charge is 0.497 e. The summed E-state index contributed by atoms with van der Waals surface area (Å²) in [6.45, 7) is 3.61. The van der Waals surface area contributed by atoms with E-state index in [1.807, 2.05) is 18.2 Å². The molecule has 6 heteroatoms. The number of hydrogen-bond donors (Lipinski definition) is 2. The van der Waals surface area contributed by atoms with Crippen molar-refractivity contribution in [1.29, 1.82) is 0 Å². The van der Waals surface area contributed by atoms with E-state index in [9.17, 15) is 9.90 Å². The fourth-order valence-corrected chi connectivity index (χ4v) is 3.21. The molecule has 0 aliphatic carbocycles. The topological polar surface area (TPSA) is 71.0 Å². The van der Waals surface area contributed by atoms with Crippen molar-refractivity contribution in [3.63, 3.8) is 0 Å². The van der Waals surface area contributed by atoms with Crippen LogP contribution in [0.1, 0.15) is 25.3 Å². The molecular formula is C18H28N2O4. The molecule has 2 atom stereocenters. The predicted octanol–water partition coefficient (Wildman–Crippen LogP) is 1.41. The zero-order valence-corrected chi connectivity index (χ0v) is 14.7. The van der Waals surface area contributed by atoms with Gasteiger partial charge in [-0.05, 0) is 44.5 Å². The van der Waals surface area contributed by atoms with Crippen molar-refractivity contribution in [1.82, 2.24) is 10.2 Å². The van der Waals surface area contributed by atoms with E-state index in [0.717, 1.165) is 30.7 Å². The number of piperidine rings is 1. The third kappa shape index (κ3) is 4.61. The average molecular weight is 336 g/mol. The molecule has 0 saturated carbocycles. The molecule has 0 unspecified atom stereocenters. The van der Waals surface area contributed by atoms with E-state index < -0.39 is 0 Å². The second-order valence-electron chi connectivity index (χ2n) is 6.24. The number of ether oxygens (including phenoxy) is 2. The molecule has 1 aromatic rings. The van der Waals surface area contributed by atoms with E-state index in [1.54, 1.807) is 19.1 Å². The van der Waals surface area contributed by atoms with Gasteiger partial charge in [-0.3, -0.25) is 4.79 Å². The molecular weight excluding hydrogens is 308 g/mol. The van der Waals surface area contributed by atoms with Gasteiger partial charge in [-0.25, -0.2) is 0 Å². The lowest BCUT2D eigenvalue weighted by Gasteiger charge is -2.32. The SMILES string of the molecule is COc1ccc(OC)c(CN(CCO)C(=O)[C@H]2CCN[C@@H](C)C2)c1. The zero-order chi connectivity index (χ0) is 17.5. The molecule has 24 heavy (non-hydrogen) atoms. The fourth-order valence-electron chi connectivity index (χ4n) is 3.21. The van der Waals surface area contributed by atoms with E-state index in [2.05, 4.69) is 12.2 Å². The molecule has 1 aliphatic heterocycles. The van der Waals surface area contributed by atoms with Crippen LogP contribution in [0.2, 0.25) is 0 Å². The van der Waals surface area contributed by atoms with Crippen LogP contribution >= 0.6 is 0 Å². The van der Waals surface area contributed by atoms with Gasteiger partial charge < -0.3 is 24.8 Å². The minimum atomic E-state index is -0.0570. The Hall–Kier alpha value is -1.79. The highest BCUT2D eigenvalue weighted by Gasteiger charge is 2.28. The third-order valence-corrected chi connectivity index (χ3v) is 4.50. The molecule has 2 rings (SSSR count). The quantitative estimate of drug-likeness (QED) is 0.788. The summed E-state index contributed by atoms with van der Waals surface area (Å²) in [6, 6.07) is 5.88. The van der Waals surface area contributed by atoms with Crippen molar-refractivity contribution in [2.75, 3.05) is 33.9 Å². The summed E-state index contributed by atoms with van der Waals surface area (Å²) in [7, 11) is 3.22. The number of aliphatic hydroxyl groups excluding tert-OH is 1. The maximum Gasteiger partial charge on any atom is 0.226 e. The van der Waals surface area contributed by atoms with Gasteiger partial charge in [-0.2, -0.15) is 0 Å². The van der Waals surface area contributed by atoms with Crippen LogP contribution in [-0.2, 0) is 11.3 Å². The van der Waals surface area contributed by atoms with Gasteiger partial charge in [0, 0.05) is 30.6 Å². The van der Waals surface area contributed by atoms with Crippen LogP contribution in [0.3, 0.4) is 0 Å². The van der Waals surface area contributed by atoms with Gasteiger partial charge in [0.1, 0.15) is 11.5 Å².